The van der Waals surface area contributed by atoms with Gasteiger partial charge in [-0.3, -0.25) is 14.1 Å². The van der Waals surface area contributed by atoms with Crippen LogP contribution in [-0.4, -0.2) is 36.9 Å². The number of aryl methyl sites for hydroxylation is 1. The molecule has 3 aromatic rings. The van der Waals surface area contributed by atoms with Gasteiger partial charge in [-0.2, -0.15) is 0 Å². The number of aromatic nitrogens is 1. The van der Waals surface area contributed by atoms with Crippen LogP contribution >= 0.6 is 0 Å². The number of nitrogens with zero attached hydrogens (tertiary/aromatic N) is 2. The molecule has 0 atom stereocenters. The van der Waals surface area contributed by atoms with Gasteiger partial charge >= 0.3 is 5.76 Å². The fourth-order valence-electron chi connectivity index (χ4n) is 4.07. The summed E-state index contributed by atoms with van der Waals surface area (Å²) < 4.78 is 35.0. The predicted octanol–water partition coefficient (Wildman–Crippen LogP) is 3.34. The summed E-state index contributed by atoms with van der Waals surface area (Å²) in [5.74, 6) is -0.783. The molecule has 9 heteroatoms. The van der Waals surface area contributed by atoms with Crippen LogP contribution in [0, 0.1) is 0 Å². The first-order valence-electron chi connectivity index (χ1n) is 10.3. The minimum Gasteiger partial charge on any atom is -0.408 e. The van der Waals surface area contributed by atoms with Crippen molar-refractivity contribution in [1.29, 1.82) is 0 Å². The lowest BCUT2D eigenvalue weighted by Gasteiger charge is -2.31. The SMILES string of the molecule is CN(C(=O)c1ccccc1NS(=O)(=O)c1ccc2c(c1)oc(=O)n2C)C1CCCCC1. The molecule has 1 aliphatic carbocycles. The number of nitrogens with one attached hydrogen (secondary N) is 1. The number of benzene rings is 2. The highest BCUT2D eigenvalue weighted by atomic mass is 32.2. The molecule has 8 nitrogen and oxygen atoms in total. The lowest BCUT2D eigenvalue weighted by atomic mass is 9.94. The number of amides is 1. The van der Waals surface area contributed by atoms with Crippen LogP contribution in [0.4, 0.5) is 5.69 Å². The number of carbonyl (C=O) groups excluding carboxylic acids is 1. The number of para-hydroxylation sites is 1. The van der Waals surface area contributed by atoms with Crippen molar-refractivity contribution in [1.82, 2.24) is 9.47 Å². The molecule has 0 bridgehead atoms. The molecule has 4 rings (SSSR count). The number of sulfonamides is 1. The van der Waals surface area contributed by atoms with Crippen LogP contribution in [0.15, 0.2) is 56.6 Å². The highest BCUT2D eigenvalue weighted by Gasteiger charge is 2.26. The second kappa shape index (κ2) is 8.22. The van der Waals surface area contributed by atoms with Gasteiger partial charge in [-0.15, -0.1) is 0 Å². The van der Waals surface area contributed by atoms with E-state index in [1.165, 1.54) is 29.2 Å². The number of carbonyl (C=O) groups is 1. The third-order valence-electron chi connectivity index (χ3n) is 5.92. The smallest absolute Gasteiger partial charge is 0.408 e. The van der Waals surface area contributed by atoms with Crippen molar-refractivity contribution in [2.75, 3.05) is 11.8 Å². The van der Waals surface area contributed by atoms with Gasteiger partial charge in [0.2, 0.25) is 0 Å². The summed E-state index contributed by atoms with van der Waals surface area (Å²) >= 11 is 0. The number of fused-ring (bicyclic) bond motifs is 1. The van der Waals surface area contributed by atoms with E-state index in [4.69, 9.17) is 4.42 Å². The third-order valence-corrected chi connectivity index (χ3v) is 7.28. The lowest BCUT2D eigenvalue weighted by molar-refractivity contribution is 0.0697. The van der Waals surface area contributed by atoms with Crippen molar-refractivity contribution in [2.45, 2.75) is 43.0 Å². The quantitative estimate of drug-likeness (QED) is 0.652. The molecule has 1 N–H and O–H groups in total. The Kier molecular flexibility index (Phi) is 5.62. The number of hydrogen-bond acceptors (Lipinski definition) is 5. The van der Waals surface area contributed by atoms with E-state index < -0.39 is 15.8 Å². The van der Waals surface area contributed by atoms with E-state index in [2.05, 4.69) is 4.72 Å². The van der Waals surface area contributed by atoms with Gasteiger partial charge in [0.15, 0.2) is 5.58 Å². The molecule has 0 aliphatic heterocycles. The molecular weight excluding hydrogens is 418 g/mol. The Hall–Kier alpha value is -3.07. The zero-order valence-electron chi connectivity index (χ0n) is 17.5. The Balaban J connectivity index is 1.63. The highest BCUT2D eigenvalue weighted by Crippen LogP contribution is 2.27. The standard InChI is InChI=1S/C22H25N3O5S/c1-24(15-8-4-3-5-9-15)21(26)17-10-6-7-11-18(17)23-31(28,29)16-12-13-19-20(14-16)30-22(27)25(19)2/h6-7,10-15,23H,3-5,8-9H2,1-2H3. The molecule has 0 radical (unpaired) electrons. The fourth-order valence-corrected chi connectivity index (χ4v) is 5.16. The van der Waals surface area contributed by atoms with Crippen molar-refractivity contribution >= 4 is 32.7 Å². The Morgan fingerprint density at radius 1 is 1.13 bits per heavy atom. The van der Waals surface area contributed by atoms with Gasteiger partial charge in [0, 0.05) is 26.2 Å². The van der Waals surface area contributed by atoms with Gasteiger partial charge in [-0.1, -0.05) is 31.4 Å². The van der Waals surface area contributed by atoms with Gasteiger partial charge in [0.05, 0.1) is 21.7 Å². The normalized spacial score (nSPS) is 15.2. The summed E-state index contributed by atoms with van der Waals surface area (Å²) in [5, 5.41) is 0. The van der Waals surface area contributed by atoms with Crippen molar-refractivity contribution in [3.05, 3.63) is 58.6 Å². The molecule has 1 fully saturated rings. The zero-order valence-corrected chi connectivity index (χ0v) is 18.3. The summed E-state index contributed by atoms with van der Waals surface area (Å²) in [6, 6.07) is 11.0. The van der Waals surface area contributed by atoms with Crippen LogP contribution in [0.1, 0.15) is 42.5 Å². The lowest BCUT2D eigenvalue weighted by Crippen LogP contribution is -2.38. The molecule has 1 aromatic heterocycles. The van der Waals surface area contributed by atoms with E-state index in [-0.39, 0.29) is 28.1 Å². The summed E-state index contributed by atoms with van der Waals surface area (Å²) in [6.45, 7) is 0. The van der Waals surface area contributed by atoms with Gasteiger partial charge in [0.25, 0.3) is 15.9 Å². The topological polar surface area (TPSA) is 102 Å². The van der Waals surface area contributed by atoms with Crippen molar-refractivity contribution < 1.29 is 17.6 Å². The van der Waals surface area contributed by atoms with E-state index in [1.54, 1.807) is 43.3 Å². The maximum absolute atomic E-state index is 13.1. The maximum atomic E-state index is 13.1. The van der Waals surface area contributed by atoms with Gasteiger partial charge < -0.3 is 9.32 Å². The second-order valence-electron chi connectivity index (χ2n) is 7.92. The molecule has 0 spiro atoms. The van der Waals surface area contributed by atoms with E-state index in [1.807, 2.05) is 0 Å². The van der Waals surface area contributed by atoms with E-state index in [0.29, 0.717) is 11.1 Å². The average Bonchev–Trinajstić information content (AvgIpc) is 3.06. The van der Waals surface area contributed by atoms with Crippen molar-refractivity contribution in [2.24, 2.45) is 7.05 Å². The third kappa shape index (κ3) is 4.10. The van der Waals surface area contributed by atoms with Gasteiger partial charge in [-0.25, -0.2) is 13.2 Å². The summed E-state index contributed by atoms with van der Waals surface area (Å²) in [5.41, 5.74) is 1.18. The summed E-state index contributed by atoms with van der Waals surface area (Å²) in [6.07, 6.45) is 5.28. The molecule has 164 valence electrons. The van der Waals surface area contributed by atoms with E-state index >= 15 is 0 Å². The van der Waals surface area contributed by atoms with Crippen LogP contribution in [0.3, 0.4) is 0 Å². The Labute approximate surface area is 180 Å². The molecular formula is C22H25N3O5S. The predicted molar refractivity (Wildman–Crippen MR) is 118 cm³/mol. The molecule has 1 aliphatic rings. The van der Waals surface area contributed by atoms with Gasteiger partial charge in [-0.05, 0) is 37.1 Å². The van der Waals surface area contributed by atoms with E-state index in [0.717, 1.165) is 25.7 Å². The molecule has 2 aromatic carbocycles. The Morgan fingerprint density at radius 2 is 1.84 bits per heavy atom. The fraction of sp³-hybridized carbons (Fsp3) is 0.364. The highest BCUT2D eigenvalue weighted by molar-refractivity contribution is 7.92. The largest absolute Gasteiger partial charge is 0.419 e. The maximum Gasteiger partial charge on any atom is 0.419 e. The summed E-state index contributed by atoms with van der Waals surface area (Å²) in [4.78, 5) is 26.5. The minimum atomic E-state index is -4.01. The van der Waals surface area contributed by atoms with Crippen LogP contribution in [0.25, 0.3) is 11.1 Å². The molecule has 31 heavy (non-hydrogen) atoms. The number of rotatable bonds is 5. The van der Waals surface area contributed by atoms with Crippen LogP contribution < -0.4 is 10.5 Å². The first-order chi connectivity index (χ1) is 14.8. The molecule has 1 saturated carbocycles. The molecule has 0 unspecified atom stereocenters. The number of anilines is 1. The second-order valence-corrected chi connectivity index (χ2v) is 9.60. The van der Waals surface area contributed by atoms with Gasteiger partial charge in [0.1, 0.15) is 0 Å². The molecule has 1 heterocycles. The van der Waals surface area contributed by atoms with Crippen LogP contribution in [0.2, 0.25) is 0 Å². The van der Waals surface area contributed by atoms with Crippen molar-refractivity contribution in [3.8, 4) is 0 Å². The zero-order chi connectivity index (χ0) is 22.2. The van der Waals surface area contributed by atoms with Crippen molar-refractivity contribution in [3.63, 3.8) is 0 Å². The summed E-state index contributed by atoms with van der Waals surface area (Å²) in [7, 11) is -0.687. The van der Waals surface area contributed by atoms with E-state index in [9.17, 15) is 18.0 Å². The number of hydrogen-bond donors (Lipinski definition) is 1. The molecule has 0 saturated heterocycles. The van der Waals surface area contributed by atoms with Crippen LogP contribution in [0.5, 0.6) is 0 Å². The first kappa shape index (κ1) is 21.2. The Morgan fingerprint density at radius 3 is 2.58 bits per heavy atom. The minimum absolute atomic E-state index is 0.0581. The Bertz CT molecular complexity index is 1290. The monoisotopic (exact) mass is 443 g/mol. The molecule has 1 amide bonds. The first-order valence-corrected chi connectivity index (χ1v) is 11.7. The van der Waals surface area contributed by atoms with Crippen LogP contribution in [-0.2, 0) is 17.1 Å². The number of oxazole rings is 1. The average molecular weight is 444 g/mol.